The van der Waals surface area contributed by atoms with Gasteiger partial charge in [-0.1, -0.05) is 0 Å². The second-order valence-corrected chi connectivity index (χ2v) is 6.46. The van der Waals surface area contributed by atoms with Crippen LogP contribution in [0.1, 0.15) is 11.1 Å². The third-order valence-corrected chi connectivity index (χ3v) is 5.33. The maximum absolute atomic E-state index is 12.2. The number of phenolic OH excluding ortho intramolecular Hbond substituents is 1. The molecule has 4 rings (SSSR count). The molecule has 0 spiro atoms. The maximum Gasteiger partial charge on any atom is 0.220 e. The molecule has 1 saturated heterocycles. The van der Waals surface area contributed by atoms with Gasteiger partial charge in [0.15, 0.2) is 17.3 Å². The number of methoxy groups -OCH3 is 2. The van der Waals surface area contributed by atoms with Crippen LogP contribution in [-0.2, 0) is 21.4 Å². The number of hydrogen-bond acceptors (Lipinski definition) is 5. The van der Waals surface area contributed by atoms with Crippen molar-refractivity contribution in [2.45, 2.75) is 17.9 Å². The van der Waals surface area contributed by atoms with Crippen LogP contribution in [0.15, 0.2) is 35.6 Å². The van der Waals surface area contributed by atoms with Gasteiger partial charge in [0.25, 0.3) is 0 Å². The Kier molecular flexibility index (Phi) is 2.87. The zero-order valence-corrected chi connectivity index (χ0v) is 13.4. The Morgan fingerprint density at radius 3 is 2.78 bits per heavy atom. The molecule has 2 atom stereocenters. The molecule has 1 aliphatic heterocycles. The lowest BCUT2D eigenvalue weighted by atomic mass is 9.65. The van der Waals surface area contributed by atoms with Crippen LogP contribution in [-0.4, -0.2) is 49.6 Å². The number of benzene rings is 1. The third kappa shape index (κ3) is 1.74. The molecular weight excluding hydrogens is 294 g/mol. The first kappa shape index (κ1) is 14.3. The van der Waals surface area contributed by atoms with E-state index in [0.717, 1.165) is 29.7 Å². The molecule has 23 heavy (non-hydrogen) atoms. The van der Waals surface area contributed by atoms with E-state index in [1.807, 2.05) is 12.1 Å². The van der Waals surface area contributed by atoms with Gasteiger partial charge in [0, 0.05) is 12.6 Å². The number of ether oxygens (including phenoxy) is 2. The summed E-state index contributed by atoms with van der Waals surface area (Å²) in [6, 6.07) is 3.86. The van der Waals surface area contributed by atoms with Crippen molar-refractivity contribution in [3.8, 4) is 11.5 Å². The number of fused-ring (bicyclic) bond motifs is 1. The minimum Gasteiger partial charge on any atom is -0.504 e. The van der Waals surface area contributed by atoms with E-state index in [1.165, 1.54) is 7.11 Å². The summed E-state index contributed by atoms with van der Waals surface area (Å²) in [6.07, 6.45) is 4.45. The van der Waals surface area contributed by atoms with Crippen molar-refractivity contribution in [3.63, 3.8) is 0 Å². The van der Waals surface area contributed by atoms with Crippen LogP contribution in [0.5, 0.6) is 11.5 Å². The van der Waals surface area contributed by atoms with Crippen LogP contribution in [0.3, 0.4) is 0 Å². The van der Waals surface area contributed by atoms with E-state index in [4.69, 9.17) is 9.47 Å². The molecule has 0 saturated carbocycles. The highest BCUT2D eigenvalue weighted by Crippen LogP contribution is 2.53. The van der Waals surface area contributed by atoms with E-state index < -0.39 is 0 Å². The van der Waals surface area contributed by atoms with Crippen molar-refractivity contribution in [1.82, 2.24) is 4.90 Å². The van der Waals surface area contributed by atoms with E-state index in [9.17, 15) is 9.90 Å². The Labute approximate surface area is 134 Å². The minimum absolute atomic E-state index is 0.0763. The van der Waals surface area contributed by atoms with Crippen LogP contribution in [0, 0.1) is 0 Å². The Bertz CT molecular complexity index is 779. The number of allylic oxidation sites excluding steroid dienone is 1. The molecule has 3 aliphatic rings. The molecule has 1 N–H and O–H groups in total. The summed E-state index contributed by atoms with van der Waals surface area (Å²) in [5.74, 6) is 0.907. The maximum atomic E-state index is 12.2. The molecular formula is C18H19NO4. The average molecular weight is 313 g/mol. The Morgan fingerprint density at radius 1 is 1.30 bits per heavy atom. The third-order valence-electron chi connectivity index (χ3n) is 5.33. The van der Waals surface area contributed by atoms with Crippen molar-refractivity contribution < 1.29 is 19.4 Å². The normalized spacial score (nSPS) is 28.7. The number of likely N-dealkylation sites (tertiary alicyclic amines) is 1. The SMILES string of the molecule is COC1=C[C@@]23CN(C)[C@@H](Cc4cc(O)c(OC)cc42)C3=CC1=O. The van der Waals surface area contributed by atoms with Crippen LogP contribution >= 0.6 is 0 Å². The van der Waals surface area contributed by atoms with Crippen molar-refractivity contribution in [2.24, 2.45) is 0 Å². The second-order valence-electron chi connectivity index (χ2n) is 6.46. The highest BCUT2D eigenvalue weighted by atomic mass is 16.5. The predicted octanol–water partition coefficient (Wildman–Crippen LogP) is 1.55. The van der Waals surface area contributed by atoms with Gasteiger partial charge in [0.1, 0.15) is 0 Å². The van der Waals surface area contributed by atoms with Crippen LogP contribution in [0.25, 0.3) is 0 Å². The van der Waals surface area contributed by atoms with Crippen LogP contribution in [0.4, 0.5) is 0 Å². The molecule has 120 valence electrons. The molecule has 5 nitrogen and oxygen atoms in total. The van der Waals surface area contributed by atoms with Gasteiger partial charge in [-0.05, 0) is 54.5 Å². The van der Waals surface area contributed by atoms with E-state index in [0.29, 0.717) is 11.5 Å². The first-order valence-corrected chi connectivity index (χ1v) is 7.64. The lowest BCUT2D eigenvalue weighted by Crippen LogP contribution is -2.37. The van der Waals surface area contributed by atoms with Crippen LogP contribution < -0.4 is 4.74 Å². The van der Waals surface area contributed by atoms with Gasteiger partial charge in [-0.25, -0.2) is 0 Å². The smallest absolute Gasteiger partial charge is 0.220 e. The van der Waals surface area contributed by atoms with Gasteiger partial charge in [0.2, 0.25) is 5.78 Å². The first-order chi connectivity index (χ1) is 11.0. The summed E-state index contributed by atoms with van der Waals surface area (Å²) >= 11 is 0. The molecule has 0 aromatic heterocycles. The minimum atomic E-state index is -0.382. The fraction of sp³-hybridized carbons (Fsp3) is 0.389. The molecule has 0 unspecified atom stereocenters. The van der Waals surface area contributed by atoms with E-state index in [2.05, 4.69) is 11.9 Å². The molecule has 5 heteroatoms. The van der Waals surface area contributed by atoms with Crippen molar-refractivity contribution in [2.75, 3.05) is 27.8 Å². The lowest BCUT2D eigenvalue weighted by molar-refractivity contribution is -0.114. The molecule has 2 bridgehead atoms. The van der Waals surface area contributed by atoms with Gasteiger partial charge < -0.3 is 14.6 Å². The number of carbonyl (C=O) groups is 1. The Balaban J connectivity index is 2.00. The van der Waals surface area contributed by atoms with E-state index in [1.54, 1.807) is 19.3 Å². The molecule has 1 aromatic rings. The van der Waals surface area contributed by atoms with Crippen molar-refractivity contribution in [1.29, 1.82) is 0 Å². The lowest BCUT2D eigenvalue weighted by Gasteiger charge is -2.37. The molecule has 1 heterocycles. The monoisotopic (exact) mass is 313 g/mol. The quantitative estimate of drug-likeness (QED) is 0.898. The fourth-order valence-electron chi connectivity index (χ4n) is 4.30. The number of ketones is 1. The predicted molar refractivity (Wildman–Crippen MR) is 84.6 cm³/mol. The summed E-state index contributed by atoms with van der Waals surface area (Å²) in [5, 5.41) is 10.1. The summed E-state index contributed by atoms with van der Waals surface area (Å²) in [5.41, 5.74) is 2.91. The zero-order chi connectivity index (χ0) is 16.4. The number of nitrogens with zero attached hydrogens (tertiary/aromatic N) is 1. The van der Waals surface area contributed by atoms with Gasteiger partial charge in [-0.15, -0.1) is 0 Å². The second kappa shape index (κ2) is 4.61. The fourth-order valence-corrected chi connectivity index (χ4v) is 4.30. The van der Waals surface area contributed by atoms with E-state index >= 15 is 0 Å². The van der Waals surface area contributed by atoms with Gasteiger partial charge in [0.05, 0.1) is 19.6 Å². The van der Waals surface area contributed by atoms with Crippen molar-refractivity contribution in [3.05, 3.63) is 46.7 Å². The average Bonchev–Trinajstić information content (AvgIpc) is 2.73. The molecule has 0 radical (unpaired) electrons. The highest BCUT2D eigenvalue weighted by Gasteiger charge is 2.53. The largest absolute Gasteiger partial charge is 0.504 e. The standard InChI is InChI=1S/C18H19NO4/c1-19-9-18-8-17(23-3)15(21)6-12(18)13(19)4-10-5-14(20)16(22-2)7-11(10)18/h5-8,13,20H,4,9H2,1-3H3/t13-,18+/m0/s1. The van der Waals surface area contributed by atoms with Crippen LogP contribution in [0.2, 0.25) is 0 Å². The number of hydrogen-bond donors (Lipinski definition) is 1. The molecule has 1 aromatic carbocycles. The summed E-state index contributed by atoms with van der Waals surface area (Å²) in [7, 11) is 5.14. The van der Waals surface area contributed by atoms with Gasteiger partial charge in [-0.3, -0.25) is 9.69 Å². The molecule has 2 aliphatic carbocycles. The summed E-state index contributed by atoms with van der Waals surface area (Å²) < 4.78 is 10.6. The highest BCUT2D eigenvalue weighted by molar-refractivity contribution is 6.05. The number of phenols is 1. The number of rotatable bonds is 2. The van der Waals surface area contributed by atoms with E-state index in [-0.39, 0.29) is 23.0 Å². The Hall–Kier alpha value is -2.27. The van der Waals surface area contributed by atoms with Gasteiger partial charge in [-0.2, -0.15) is 0 Å². The molecule has 1 fully saturated rings. The summed E-state index contributed by atoms with van der Waals surface area (Å²) in [4.78, 5) is 14.5. The van der Waals surface area contributed by atoms with Gasteiger partial charge >= 0.3 is 0 Å². The summed E-state index contributed by atoms with van der Waals surface area (Å²) in [6.45, 7) is 0.782. The zero-order valence-electron chi connectivity index (χ0n) is 13.4. The first-order valence-electron chi connectivity index (χ1n) is 7.64. The number of carbonyl (C=O) groups excluding carboxylic acids is 1. The topological polar surface area (TPSA) is 59.0 Å². The number of likely N-dealkylation sites (N-methyl/N-ethyl adjacent to an activating group) is 1. The number of aromatic hydroxyl groups is 1. The molecule has 0 amide bonds. The van der Waals surface area contributed by atoms with Crippen molar-refractivity contribution >= 4 is 5.78 Å². The Morgan fingerprint density at radius 2 is 2.09 bits per heavy atom.